The molecule has 0 saturated carbocycles. The van der Waals surface area contributed by atoms with Crippen LogP contribution in [0.1, 0.15) is 32.3 Å². The summed E-state index contributed by atoms with van der Waals surface area (Å²) >= 11 is 0. The third-order valence-electron chi connectivity index (χ3n) is 4.82. The van der Waals surface area contributed by atoms with Gasteiger partial charge in [0.05, 0.1) is 18.1 Å². The third kappa shape index (κ3) is 6.42. The number of nitrogens with zero attached hydrogens (tertiary/aromatic N) is 2. The first-order valence-electron chi connectivity index (χ1n) is 9.28. The van der Waals surface area contributed by atoms with Gasteiger partial charge in [-0.25, -0.2) is 0 Å². The Bertz CT molecular complexity index is 598. The van der Waals surface area contributed by atoms with Crippen molar-refractivity contribution in [1.29, 1.82) is 0 Å². The van der Waals surface area contributed by atoms with Crippen LogP contribution in [0.5, 0.6) is 0 Å². The summed E-state index contributed by atoms with van der Waals surface area (Å²) in [4.78, 5) is 28.6. The number of hydrogen-bond donors (Lipinski definition) is 2. The molecular weight excluding hydrogens is 330 g/mol. The molecule has 1 saturated heterocycles. The van der Waals surface area contributed by atoms with Crippen LogP contribution in [0.15, 0.2) is 30.3 Å². The lowest BCUT2D eigenvalue weighted by atomic mass is 10.0. The number of benzene rings is 1. The average molecular weight is 361 g/mol. The Balaban J connectivity index is 1.92. The Morgan fingerprint density at radius 1 is 1.35 bits per heavy atom. The van der Waals surface area contributed by atoms with Crippen LogP contribution < -0.4 is 5.32 Å². The van der Waals surface area contributed by atoms with Crippen molar-refractivity contribution in [1.82, 2.24) is 15.1 Å². The number of hydrogen-bond acceptors (Lipinski definition) is 4. The Morgan fingerprint density at radius 2 is 2.04 bits per heavy atom. The molecule has 6 heteroatoms. The number of rotatable bonds is 8. The molecule has 1 fully saturated rings. The predicted octanol–water partition coefficient (Wildman–Crippen LogP) is 1.04. The first kappa shape index (κ1) is 20.4. The van der Waals surface area contributed by atoms with E-state index >= 15 is 0 Å². The molecule has 2 N–H and O–H groups in total. The first-order valence-corrected chi connectivity index (χ1v) is 9.28. The second-order valence-corrected chi connectivity index (χ2v) is 7.66. The molecule has 1 heterocycles. The largest absolute Gasteiger partial charge is 0.390 e. The van der Waals surface area contributed by atoms with Gasteiger partial charge in [-0.15, -0.1) is 0 Å². The van der Waals surface area contributed by atoms with Crippen LogP contribution in [0, 0.1) is 0 Å². The second kappa shape index (κ2) is 9.14. The SMILES string of the molecule is CN(CCC(C)(C)O)C(=O)CC1C(=O)NCCN1CCc1ccccc1. The van der Waals surface area contributed by atoms with E-state index in [1.165, 1.54) is 5.56 Å². The van der Waals surface area contributed by atoms with Gasteiger partial charge in [0.1, 0.15) is 0 Å². The van der Waals surface area contributed by atoms with E-state index in [2.05, 4.69) is 22.3 Å². The van der Waals surface area contributed by atoms with Crippen LogP contribution in [0.4, 0.5) is 0 Å². The fourth-order valence-corrected chi connectivity index (χ4v) is 3.06. The van der Waals surface area contributed by atoms with Gasteiger partial charge in [0, 0.05) is 33.2 Å². The molecule has 144 valence electrons. The zero-order chi connectivity index (χ0) is 19.2. The normalized spacial score (nSPS) is 18.5. The van der Waals surface area contributed by atoms with E-state index in [-0.39, 0.29) is 18.2 Å². The van der Waals surface area contributed by atoms with Crippen molar-refractivity contribution in [2.24, 2.45) is 0 Å². The Hall–Kier alpha value is -1.92. The van der Waals surface area contributed by atoms with Gasteiger partial charge in [-0.2, -0.15) is 0 Å². The summed E-state index contributed by atoms with van der Waals surface area (Å²) in [6.45, 7) is 6.05. The molecule has 26 heavy (non-hydrogen) atoms. The van der Waals surface area contributed by atoms with Crippen molar-refractivity contribution in [3.8, 4) is 0 Å². The van der Waals surface area contributed by atoms with E-state index < -0.39 is 11.6 Å². The van der Waals surface area contributed by atoms with Crippen LogP contribution in [0.25, 0.3) is 0 Å². The summed E-state index contributed by atoms with van der Waals surface area (Å²) in [6.07, 6.45) is 1.53. The average Bonchev–Trinajstić information content (AvgIpc) is 2.60. The van der Waals surface area contributed by atoms with E-state index in [0.717, 1.165) is 19.5 Å². The van der Waals surface area contributed by atoms with E-state index in [4.69, 9.17) is 0 Å². The molecule has 0 aromatic heterocycles. The van der Waals surface area contributed by atoms with Crippen molar-refractivity contribution >= 4 is 11.8 Å². The molecule has 0 spiro atoms. The highest BCUT2D eigenvalue weighted by molar-refractivity contribution is 5.88. The van der Waals surface area contributed by atoms with Gasteiger partial charge < -0.3 is 15.3 Å². The molecule has 2 rings (SSSR count). The minimum absolute atomic E-state index is 0.0685. The maximum absolute atomic E-state index is 12.5. The zero-order valence-corrected chi connectivity index (χ0v) is 16.1. The van der Waals surface area contributed by atoms with E-state index in [1.807, 2.05) is 18.2 Å². The number of carbonyl (C=O) groups is 2. The van der Waals surface area contributed by atoms with E-state index in [9.17, 15) is 14.7 Å². The number of piperazine rings is 1. The van der Waals surface area contributed by atoms with Gasteiger partial charge in [-0.1, -0.05) is 30.3 Å². The minimum atomic E-state index is -0.807. The van der Waals surface area contributed by atoms with Gasteiger partial charge in [0.25, 0.3) is 0 Å². The number of carbonyl (C=O) groups excluding carboxylic acids is 2. The minimum Gasteiger partial charge on any atom is -0.390 e. The highest BCUT2D eigenvalue weighted by Crippen LogP contribution is 2.14. The van der Waals surface area contributed by atoms with Crippen LogP contribution in [0.2, 0.25) is 0 Å². The molecule has 1 unspecified atom stereocenters. The lowest BCUT2D eigenvalue weighted by molar-refractivity contribution is -0.138. The third-order valence-corrected chi connectivity index (χ3v) is 4.82. The second-order valence-electron chi connectivity index (χ2n) is 7.66. The van der Waals surface area contributed by atoms with Gasteiger partial charge in [-0.3, -0.25) is 14.5 Å². The van der Waals surface area contributed by atoms with Crippen molar-refractivity contribution in [3.05, 3.63) is 35.9 Å². The van der Waals surface area contributed by atoms with Crippen molar-refractivity contribution in [2.45, 2.75) is 44.8 Å². The number of amides is 2. The standard InChI is InChI=1S/C20H31N3O3/c1-20(2,26)10-13-22(3)18(24)15-17-19(25)21-11-14-23(17)12-9-16-7-5-4-6-8-16/h4-8,17,26H,9-15H2,1-3H3,(H,21,25). The summed E-state index contributed by atoms with van der Waals surface area (Å²) in [6, 6.07) is 9.74. The van der Waals surface area contributed by atoms with E-state index in [1.54, 1.807) is 25.8 Å². The Kier molecular flexibility index (Phi) is 7.17. The Labute approximate surface area is 156 Å². The van der Waals surface area contributed by atoms with Gasteiger partial charge in [-0.05, 0) is 32.3 Å². The molecule has 1 atom stereocenters. The van der Waals surface area contributed by atoms with Crippen LogP contribution in [-0.2, 0) is 16.0 Å². The fourth-order valence-electron chi connectivity index (χ4n) is 3.06. The summed E-state index contributed by atoms with van der Waals surface area (Å²) in [5, 5.41) is 12.7. The monoisotopic (exact) mass is 361 g/mol. The number of nitrogens with one attached hydrogen (secondary N) is 1. The molecule has 1 aromatic rings. The molecule has 1 aliphatic rings. The highest BCUT2D eigenvalue weighted by Gasteiger charge is 2.32. The van der Waals surface area contributed by atoms with Crippen molar-refractivity contribution < 1.29 is 14.7 Å². The molecule has 0 radical (unpaired) electrons. The summed E-state index contributed by atoms with van der Waals surface area (Å²) in [5.74, 6) is -0.144. The zero-order valence-electron chi connectivity index (χ0n) is 16.1. The maximum Gasteiger partial charge on any atom is 0.237 e. The maximum atomic E-state index is 12.5. The smallest absolute Gasteiger partial charge is 0.237 e. The molecular formula is C20H31N3O3. The van der Waals surface area contributed by atoms with Crippen molar-refractivity contribution in [2.75, 3.05) is 33.2 Å². The molecule has 0 bridgehead atoms. The molecule has 1 aromatic carbocycles. The Morgan fingerprint density at radius 3 is 2.69 bits per heavy atom. The molecule has 1 aliphatic heterocycles. The van der Waals surface area contributed by atoms with Crippen LogP contribution in [-0.4, -0.2) is 71.6 Å². The summed E-state index contributed by atoms with van der Waals surface area (Å²) < 4.78 is 0. The summed E-state index contributed by atoms with van der Waals surface area (Å²) in [7, 11) is 1.73. The lowest BCUT2D eigenvalue weighted by Gasteiger charge is -2.35. The quantitative estimate of drug-likeness (QED) is 0.726. The fraction of sp³-hybridized carbons (Fsp3) is 0.600. The van der Waals surface area contributed by atoms with Crippen LogP contribution >= 0.6 is 0 Å². The molecule has 6 nitrogen and oxygen atoms in total. The lowest BCUT2D eigenvalue weighted by Crippen LogP contribution is -2.57. The summed E-state index contributed by atoms with van der Waals surface area (Å²) in [5.41, 5.74) is 0.421. The highest BCUT2D eigenvalue weighted by atomic mass is 16.3. The molecule has 2 amide bonds. The number of aliphatic hydroxyl groups is 1. The van der Waals surface area contributed by atoms with Gasteiger partial charge in [0.2, 0.25) is 11.8 Å². The van der Waals surface area contributed by atoms with Crippen molar-refractivity contribution in [3.63, 3.8) is 0 Å². The van der Waals surface area contributed by atoms with Gasteiger partial charge >= 0.3 is 0 Å². The molecule has 0 aliphatic carbocycles. The first-order chi connectivity index (χ1) is 12.3. The van der Waals surface area contributed by atoms with Crippen LogP contribution in [0.3, 0.4) is 0 Å². The topological polar surface area (TPSA) is 72.9 Å². The predicted molar refractivity (Wildman–Crippen MR) is 102 cm³/mol. The van der Waals surface area contributed by atoms with Gasteiger partial charge in [0.15, 0.2) is 0 Å². The van der Waals surface area contributed by atoms with E-state index in [0.29, 0.717) is 19.5 Å².